The zero-order chi connectivity index (χ0) is 18.1. The molecule has 0 N–H and O–H groups in total. The van der Waals surface area contributed by atoms with E-state index in [1.54, 1.807) is 0 Å². The second-order valence-electron chi connectivity index (χ2n) is 5.96. The van der Waals surface area contributed by atoms with Crippen molar-refractivity contribution in [1.82, 2.24) is 4.57 Å². The summed E-state index contributed by atoms with van der Waals surface area (Å²) in [4.78, 5) is 0. The zero-order valence-corrected chi connectivity index (χ0v) is 13.6. The average molecular weight is 353 g/mol. The highest BCUT2D eigenvalue weighted by Gasteiger charge is 2.30. The van der Waals surface area contributed by atoms with E-state index >= 15 is 0 Å². The summed E-state index contributed by atoms with van der Waals surface area (Å²) in [6.45, 7) is 0.438. The number of rotatable bonds is 2. The van der Waals surface area contributed by atoms with Gasteiger partial charge in [0.1, 0.15) is 5.71 Å². The van der Waals surface area contributed by atoms with Crippen LogP contribution in [0.2, 0.25) is 0 Å². The fourth-order valence-electron chi connectivity index (χ4n) is 2.92. The van der Waals surface area contributed by atoms with E-state index < -0.39 is 11.7 Å². The Morgan fingerprint density at radius 2 is 1.50 bits per heavy atom. The summed E-state index contributed by atoms with van der Waals surface area (Å²) >= 11 is 0. The number of aromatic nitrogens is 1. The predicted molar refractivity (Wildman–Crippen MR) is 94.5 cm³/mol. The highest BCUT2D eigenvalue weighted by Crippen LogP contribution is 2.29. The van der Waals surface area contributed by atoms with Crippen LogP contribution in [0.3, 0.4) is 0 Å². The molecule has 6 heteroatoms. The van der Waals surface area contributed by atoms with Crippen LogP contribution >= 0.6 is 0 Å². The van der Waals surface area contributed by atoms with Gasteiger partial charge < -0.3 is 4.57 Å². The van der Waals surface area contributed by atoms with E-state index in [0.29, 0.717) is 17.8 Å². The molecule has 26 heavy (non-hydrogen) atoms. The molecule has 3 aromatic rings. The van der Waals surface area contributed by atoms with Crippen molar-refractivity contribution in [3.8, 4) is 0 Å². The third-order valence-electron chi connectivity index (χ3n) is 4.26. The molecule has 0 saturated heterocycles. The summed E-state index contributed by atoms with van der Waals surface area (Å²) in [7, 11) is 0. The van der Waals surface area contributed by atoms with Crippen molar-refractivity contribution >= 4 is 11.4 Å². The number of nitrogens with zero attached hydrogens (tertiary/aromatic N) is 3. The minimum absolute atomic E-state index is 0.438. The number of hydrogen-bond acceptors (Lipinski definition) is 2. The van der Waals surface area contributed by atoms with Crippen LogP contribution in [0, 0.1) is 0 Å². The molecule has 0 fully saturated rings. The van der Waals surface area contributed by atoms with Crippen LogP contribution in [0.15, 0.2) is 83.1 Å². The van der Waals surface area contributed by atoms with Crippen molar-refractivity contribution in [2.75, 3.05) is 0 Å². The van der Waals surface area contributed by atoms with Gasteiger partial charge in [-0.2, -0.15) is 18.3 Å². The Labute approximate surface area is 148 Å². The summed E-state index contributed by atoms with van der Waals surface area (Å²) in [5.41, 5.74) is 3.15. The van der Waals surface area contributed by atoms with Crippen LogP contribution in [0.5, 0.6) is 0 Å². The molecule has 3 nitrogen and oxygen atoms in total. The largest absolute Gasteiger partial charge is 0.416 e. The highest BCUT2D eigenvalue weighted by molar-refractivity contribution is 6.13. The second kappa shape index (κ2) is 6.29. The first-order valence-electron chi connectivity index (χ1n) is 8.05. The molecular formula is C20H14F3N3. The molecule has 0 amide bonds. The first-order valence-corrected chi connectivity index (χ1v) is 8.05. The summed E-state index contributed by atoms with van der Waals surface area (Å²) < 4.78 is 40.3. The molecular weight excluding hydrogens is 339 g/mol. The topological polar surface area (TPSA) is 29.6 Å². The van der Waals surface area contributed by atoms with E-state index in [-0.39, 0.29) is 0 Å². The van der Waals surface area contributed by atoms with Crippen LogP contribution in [-0.2, 0) is 12.7 Å². The number of benzene rings is 2. The third-order valence-corrected chi connectivity index (χ3v) is 4.26. The Balaban J connectivity index is 1.75. The SMILES string of the molecule is FC(F)(F)c1ccc(C2=NN=C(c3ccccc3)c3cccn3C2)cc1. The minimum atomic E-state index is -4.35. The van der Waals surface area contributed by atoms with E-state index in [4.69, 9.17) is 0 Å². The van der Waals surface area contributed by atoms with Crippen molar-refractivity contribution in [2.45, 2.75) is 12.7 Å². The van der Waals surface area contributed by atoms with Crippen molar-refractivity contribution in [3.63, 3.8) is 0 Å². The summed E-state index contributed by atoms with van der Waals surface area (Å²) in [6, 6.07) is 18.6. The normalized spacial score (nSPS) is 14.3. The lowest BCUT2D eigenvalue weighted by molar-refractivity contribution is -0.137. The number of hydrogen-bond donors (Lipinski definition) is 0. The van der Waals surface area contributed by atoms with Crippen molar-refractivity contribution in [3.05, 3.63) is 95.3 Å². The van der Waals surface area contributed by atoms with Gasteiger partial charge in [-0.15, -0.1) is 5.10 Å². The van der Waals surface area contributed by atoms with Crippen molar-refractivity contribution in [1.29, 1.82) is 0 Å². The fourth-order valence-corrected chi connectivity index (χ4v) is 2.92. The molecule has 1 aromatic heterocycles. The molecule has 0 aliphatic carbocycles. The Kier molecular flexibility index (Phi) is 3.95. The smallest absolute Gasteiger partial charge is 0.340 e. The molecule has 2 heterocycles. The molecule has 0 spiro atoms. The summed E-state index contributed by atoms with van der Waals surface area (Å²) in [5.74, 6) is 0. The monoisotopic (exact) mass is 353 g/mol. The van der Waals surface area contributed by atoms with E-state index in [1.807, 2.05) is 53.2 Å². The van der Waals surface area contributed by atoms with Crippen molar-refractivity contribution < 1.29 is 13.2 Å². The maximum atomic E-state index is 12.8. The van der Waals surface area contributed by atoms with Crippen LogP contribution in [-0.4, -0.2) is 16.0 Å². The zero-order valence-electron chi connectivity index (χ0n) is 13.6. The van der Waals surface area contributed by atoms with Gasteiger partial charge in [0.05, 0.1) is 23.5 Å². The van der Waals surface area contributed by atoms with E-state index in [2.05, 4.69) is 10.2 Å². The van der Waals surface area contributed by atoms with Gasteiger partial charge >= 0.3 is 6.18 Å². The average Bonchev–Trinajstić information content (AvgIpc) is 3.01. The predicted octanol–water partition coefficient (Wildman–Crippen LogP) is 4.76. The fraction of sp³-hybridized carbons (Fsp3) is 0.100. The molecule has 1 aliphatic rings. The van der Waals surface area contributed by atoms with E-state index in [9.17, 15) is 13.2 Å². The third kappa shape index (κ3) is 3.06. The maximum Gasteiger partial charge on any atom is 0.416 e. The van der Waals surface area contributed by atoms with Gasteiger partial charge in [-0.05, 0) is 29.8 Å². The molecule has 2 aromatic carbocycles. The maximum absolute atomic E-state index is 12.8. The Morgan fingerprint density at radius 1 is 0.769 bits per heavy atom. The van der Waals surface area contributed by atoms with Gasteiger partial charge in [0.25, 0.3) is 0 Å². The standard InChI is InChI=1S/C20H14F3N3/c21-20(22,23)16-10-8-14(9-11-16)17-13-26-12-4-7-18(26)19(25-24-17)15-5-2-1-3-6-15/h1-12H,13H2. The van der Waals surface area contributed by atoms with Gasteiger partial charge in [0.2, 0.25) is 0 Å². The number of alkyl halides is 3. The van der Waals surface area contributed by atoms with Gasteiger partial charge in [0.15, 0.2) is 0 Å². The van der Waals surface area contributed by atoms with E-state index in [0.717, 1.165) is 29.1 Å². The molecule has 1 aliphatic heterocycles. The molecule has 0 radical (unpaired) electrons. The van der Waals surface area contributed by atoms with Gasteiger partial charge in [-0.3, -0.25) is 0 Å². The van der Waals surface area contributed by atoms with Crippen molar-refractivity contribution in [2.24, 2.45) is 10.2 Å². The van der Waals surface area contributed by atoms with Gasteiger partial charge in [0, 0.05) is 11.8 Å². The van der Waals surface area contributed by atoms with Gasteiger partial charge in [-0.25, -0.2) is 0 Å². The lowest BCUT2D eigenvalue weighted by Crippen LogP contribution is -2.14. The summed E-state index contributed by atoms with van der Waals surface area (Å²) in [5, 5.41) is 8.73. The minimum Gasteiger partial charge on any atom is -0.340 e. The molecule has 0 saturated carbocycles. The second-order valence-corrected chi connectivity index (χ2v) is 5.96. The highest BCUT2D eigenvalue weighted by atomic mass is 19.4. The Morgan fingerprint density at radius 3 is 2.19 bits per heavy atom. The Bertz CT molecular complexity index is 981. The molecule has 0 bridgehead atoms. The van der Waals surface area contributed by atoms with Crippen LogP contribution < -0.4 is 0 Å². The quantitative estimate of drug-likeness (QED) is 0.636. The molecule has 0 unspecified atom stereocenters. The first-order chi connectivity index (χ1) is 12.5. The number of halogens is 3. The van der Waals surface area contributed by atoms with Gasteiger partial charge in [-0.1, -0.05) is 42.5 Å². The van der Waals surface area contributed by atoms with Crippen LogP contribution in [0.1, 0.15) is 22.4 Å². The first kappa shape index (κ1) is 16.3. The molecule has 0 atom stereocenters. The number of fused-ring (bicyclic) bond motifs is 1. The molecule has 4 rings (SSSR count). The summed E-state index contributed by atoms with van der Waals surface area (Å²) in [6.07, 6.45) is -2.44. The van der Waals surface area contributed by atoms with Crippen LogP contribution in [0.4, 0.5) is 13.2 Å². The Hall–Kier alpha value is -3.15. The molecule has 130 valence electrons. The lowest BCUT2D eigenvalue weighted by atomic mass is 10.1. The van der Waals surface area contributed by atoms with Crippen LogP contribution in [0.25, 0.3) is 0 Å². The lowest BCUT2D eigenvalue weighted by Gasteiger charge is -2.10. The van der Waals surface area contributed by atoms with E-state index in [1.165, 1.54) is 12.1 Å².